The van der Waals surface area contributed by atoms with Gasteiger partial charge in [-0.2, -0.15) is 0 Å². The van der Waals surface area contributed by atoms with Gasteiger partial charge in [0.25, 0.3) is 0 Å². The zero-order chi connectivity index (χ0) is 14.8. The van der Waals surface area contributed by atoms with Crippen molar-refractivity contribution >= 4 is 39.0 Å². The first-order valence-corrected chi connectivity index (χ1v) is 8.40. The van der Waals surface area contributed by atoms with Crippen molar-refractivity contribution in [1.82, 2.24) is 19.8 Å². The summed E-state index contributed by atoms with van der Waals surface area (Å²) in [5.74, 6) is 0.850. The van der Waals surface area contributed by atoms with Gasteiger partial charge >= 0.3 is 0 Å². The lowest BCUT2D eigenvalue weighted by Gasteiger charge is -2.32. The molecule has 0 atom stereocenters. The molecule has 3 heterocycles. The predicted molar refractivity (Wildman–Crippen MR) is 89.6 cm³/mol. The Hall–Kier alpha value is -0.950. The minimum absolute atomic E-state index is 0.312. The third-order valence-corrected chi connectivity index (χ3v) is 4.92. The second kappa shape index (κ2) is 6.44. The monoisotopic (exact) mass is 325 g/mol. The third-order valence-electron chi connectivity index (χ3n) is 3.81. The summed E-state index contributed by atoms with van der Waals surface area (Å²) in [6.07, 6.45) is 0. The molecule has 2 aromatic heterocycles. The van der Waals surface area contributed by atoms with Gasteiger partial charge in [0, 0.05) is 44.1 Å². The highest BCUT2D eigenvalue weighted by atomic mass is 35.5. The Morgan fingerprint density at radius 1 is 1.29 bits per heavy atom. The van der Waals surface area contributed by atoms with E-state index < -0.39 is 0 Å². The van der Waals surface area contributed by atoms with Crippen LogP contribution in [0.15, 0.2) is 6.07 Å². The Balaban J connectivity index is 1.62. The van der Waals surface area contributed by atoms with Crippen molar-refractivity contribution in [2.75, 3.05) is 51.6 Å². The highest BCUT2D eigenvalue weighted by Gasteiger charge is 2.14. The Bertz CT molecular complexity index is 621. The standard InChI is InChI=1S/C14H20ClN5S/c1-10-9-11-12(17-14(15)18-13(11)21-10)16-3-4-20-7-5-19(2)6-8-20/h9H,3-8H2,1-2H3,(H,16,17,18). The largest absolute Gasteiger partial charge is 0.368 e. The summed E-state index contributed by atoms with van der Waals surface area (Å²) >= 11 is 7.66. The highest BCUT2D eigenvalue weighted by molar-refractivity contribution is 7.18. The number of piperazine rings is 1. The average Bonchev–Trinajstić information content (AvgIpc) is 2.81. The van der Waals surface area contributed by atoms with Crippen molar-refractivity contribution in [3.05, 3.63) is 16.2 Å². The molecule has 1 aliphatic heterocycles. The molecule has 7 heteroatoms. The Labute approximate surface area is 133 Å². The van der Waals surface area contributed by atoms with Gasteiger partial charge in [0.1, 0.15) is 10.6 Å². The lowest BCUT2D eigenvalue weighted by Crippen LogP contribution is -2.45. The number of anilines is 1. The van der Waals surface area contributed by atoms with Crippen LogP contribution in [0.4, 0.5) is 5.82 Å². The second-order valence-corrected chi connectivity index (χ2v) is 7.06. The molecule has 1 N–H and O–H groups in total. The molecule has 0 aromatic carbocycles. The Morgan fingerprint density at radius 3 is 2.81 bits per heavy atom. The van der Waals surface area contributed by atoms with Crippen LogP contribution in [-0.2, 0) is 0 Å². The molecule has 0 radical (unpaired) electrons. The maximum atomic E-state index is 6.01. The molecule has 0 bridgehead atoms. The lowest BCUT2D eigenvalue weighted by atomic mass is 10.3. The van der Waals surface area contributed by atoms with E-state index >= 15 is 0 Å². The van der Waals surface area contributed by atoms with Crippen LogP contribution in [0, 0.1) is 6.92 Å². The van der Waals surface area contributed by atoms with E-state index in [2.05, 4.69) is 45.1 Å². The van der Waals surface area contributed by atoms with Gasteiger partial charge in [0.05, 0.1) is 5.39 Å². The number of thiophene rings is 1. The zero-order valence-electron chi connectivity index (χ0n) is 12.4. The second-order valence-electron chi connectivity index (χ2n) is 5.49. The quantitative estimate of drug-likeness (QED) is 0.874. The maximum absolute atomic E-state index is 6.01. The first kappa shape index (κ1) is 15.0. The van der Waals surface area contributed by atoms with Crippen LogP contribution >= 0.6 is 22.9 Å². The Morgan fingerprint density at radius 2 is 2.05 bits per heavy atom. The van der Waals surface area contributed by atoms with Crippen LogP contribution in [0.2, 0.25) is 5.28 Å². The van der Waals surface area contributed by atoms with Gasteiger partial charge in [-0.1, -0.05) is 0 Å². The summed E-state index contributed by atoms with van der Waals surface area (Å²) in [5.41, 5.74) is 0. The number of nitrogens with zero attached hydrogens (tertiary/aromatic N) is 4. The number of nitrogens with one attached hydrogen (secondary N) is 1. The molecule has 0 spiro atoms. The first-order chi connectivity index (χ1) is 10.1. The molecule has 0 unspecified atom stereocenters. The highest BCUT2D eigenvalue weighted by Crippen LogP contribution is 2.29. The molecule has 1 fully saturated rings. The molecular formula is C14H20ClN5S. The summed E-state index contributed by atoms with van der Waals surface area (Å²) in [4.78, 5) is 15.6. The van der Waals surface area contributed by atoms with Gasteiger partial charge in [-0.3, -0.25) is 4.90 Å². The summed E-state index contributed by atoms with van der Waals surface area (Å²) in [7, 11) is 2.17. The van der Waals surface area contributed by atoms with E-state index in [-0.39, 0.29) is 0 Å². The number of hydrogen-bond donors (Lipinski definition) is 1. The topological polar surface area (TPSA) is 44.3 Å². The van der Waals surface area contributed by atoms with Crippen molar-refractivity contribution in [3.8, 4) is 0 Å². The van der Waals surface area contributed by atoms with Gasteiger partial charge < -0.3 is 10.2 Å². The number of fused-ring (bicyclic) bond motifs is 1. The third kappa shape index (κ3) is 3.63. The van der Waals surface area contributed by atoms with E-state index in [1.54, 1.807) is 11.3 Å². The SMILES string of the molecule is Cc1cc2c(NCCN3CCN(C)CC3)nc(Cl)nc2s1. The smallest absolute Gasteiger partial charge is 0.225 e. The number of aromatic nitrogens is 2. The molecule has 0 aliphatic carbocycles. The van der Waals surface area contributed by atoms with Crippen LogP contribution < -0.4 is 5.32 Å². The van der Waals surface area contributed by atoms with Crippen LogP contribution in [0.3, 0.4) is 0 Å². The van der Waals surface area contributed by atoms with Crippen LogP contribution in [0.5, 0.6) is 0 Å². The molecule has 114 valence electrons. The van der Waals surface area contributed by atoms with E-state index in [4.69, 9.17) is 11.6 Å². The fourth-order valence-electron chi connectivity index (χ4n) is 2.55. The number of likely N-dealkylation sites (N-methyl/N-ethyl adjacent to an activating group) is 1. The normalized spacial score (nSPS) is 17.5. The number of hydrogen-bond acceptors (Lipinski definition) is 6. The molecule has 21 heavy (non-hydrogen) atoms. The lowest BCUT2D eigenvalue weighted by molar-refractivity contribution is 0.158. The molecule has 2 aromatic rings. The van der Waals surface area contributed by atoms with Gasteiger partial charge in [0.2, 0.25) is 5.28 Å². The summed E-state index contributed by atoms with van der Waals surface area (Å²) in [6, 6.07) is 2.12. The van der Waals surface area contributed by atoms with Crippen LogP contribution in [0.1, 0.15) is 4.88 Å². The fourth-order valence-corrected chi connectivity index (χ4v) is 3.65. The Kier molecular flexibility index (Phi) is 4.59. The molecular weight excluding hydrogens is 306 g/mol. The summed E-state index contributed by atoms with van der Waals surface area (Å²) in [5, 5.41) is 4.80. The van der Waals surface area contributed by atoms with E-state index in [1.165, 1.54) is 4.88 Å². The van der Waals surface area contributed by atoms with Crippen LogP contribution in [-0.4, -0.2) is 66.1 Å². The molecule has 0 saturated carbocycles. The molecule has 0 amide bonds. The van der Waals surface area contributed by atoms with E-state index in [1.807, 2.05) is 0 Å². The van der Waals surface area contributed by atoms with Crippen molar-refractivity contribution in [2.24, 2.45) is 0 Å². The first-order valence-electron chi connectivity index (χ1n) is 7.20. The fraction of sp³-hybridized carbons (Fsp3) is 0.571. The summed E-state index contributed by atoms with van der Waals surface area (Å²) < 4.78 is 0. The van der Waals surface area contributed by atoms with Crippen molar-refractivity contribution in [3.63, 3.8) is 0 Å². The van der Waals surface area contributed by atoms with Crippen molar-refractivity contribution in [2.45, 2.75) is 6.92 Å². The molecule has 1 saturated heterocycles. The predicted octanol–water partition coefficient (Wildman–Crippen LogP) is 2.31. The number of halogens is 1. The van der Waals surface area contributed by atoms with E-state index in [0.29, 0.717) is 5.28 Å². The van der Waals surface area contributed by atoms with Gasteiger partial charge in [-0.15, -0.1) is 11.3 Å². The molecule has 3 rings (SSSR count). The summed E-state index contributed by atoms with van der Waals surface area (Å²) in [6.45, 7) is 8.54. The van der Waals surface area contributed by atoms with Crippen molar-refractivity contribution < 1.29 is 0 Å². The zero-order valence-corrected chi connectivity index (χ0v) is 14.0. The maximum Gasteiger partial charge on any atom is 0.225 e. The van der Waals surface area contributed by atoms with Crippen LogP contribution in [0.25, 0.3) is 10.2 Å². The van der Waals surface area contributed by atoms with E-state index in [9.17, 15) is 0 Å². The van der Waals surface area contributed by atoms with Gasteiger partial charge in [-0.05, 0) is 31.6 Å². The minimum Gasteiger partial charge on any atom is -0.368 e. The van der Waals surface area contributed by atoms with Gasteiger partial charge in [0.15, 0.2) is 0 Å². The average molecular weight is 326 g/mol. The van der Waals surface area contributed by atoms with E-state index in [0.717, 1.165) is 55.3 Å². The molecule has 5 nitrogen and oxygen atoms in total. The van der Waals surface area contributed by atoms with Crippen molar-refractivity contribution in [1.29, 1.82) is 0 Å². The minimum atomic E-state index is 0.312. The number of rotatable bonds is 4. The molecule has 1 aliphatic rings. The number of aryl methyl sites for hydroxylation is 1. The van der Waals surface area contributed by atoms with Gasteiger partial charge in [-0.25, -0.2) is 9.97 Å².